The number of carbonyl (C=O) groups excluding carboxylic acids is 1. The van der Waals surface area contributed by atoms with Gasteiger partial charge in [-0.1, -0.05) is 6.92 Å². The molecule has 1 aromatic heterocycles. The standard InChI is InChI=1S/C10H14N2O2S2/c1-7(10(13)14-2)5-16-9-4-8(15-3)11-6-12-9/h4,6-7H,5H2,1-3H3. The van der Waals surface area contributed by atoms with E-state index < -0.39 is 0 Å². The molecule has 0 fully saturated rings. The molecule has 0 aliphatic carbocycles. The summed E-state index contributed by atoms with van der Waals surface area (Å²) in [5, 5.41) is 1.82. The van der Waals surface area contributed by atoms with Gasteiger partial charge in [0.15, 0.2) is 0 Å². The van der Waals surface area contributed by atoms with E-state index in [1.54, 1.807) is 11.8 Å². The Balaban J connectivity index is 2.51. The number of hydrogen-bond acceptors (Lipinski definition) is 6. The molecule has 88 valence electrons. The molecule has 0 aliphatic rings. The number of hydrogen-bond donors (Lipinski definition) is 0. The van der Waals surface area contributed by atoms with E-state index >= 15 is 0 Å². The lowest BCUT2D eigenvalue weighted by Crippen LogP contribution is -2.14. The van der Waals surface area contributed by atoms with Crippen molar-refractivity contribution < 1.29 is 9.53 Å². The van der Waals surface area contributed by atoms with E-state index in [2.05, 4.69) is 14.7 Å². The number of rotatable bonds is 5. The van der Waals surface area contributed by atoms with Crippen molar-refractivity contribution in [3.63, 3.8) is 0 Å². The van der Waals surface area contributed by atoms with Crippen LogP contribution in [-0.4, -0.2) is 35.1 Å². The lowest BCUT2D eigenvalue weighted by atomic mass is 10.2. The van der Waals surface area contributed by atoms with Crippen LogP contribution in [0, 0.1) is 5.92 Å². The largest absolute Gasteiger partial charge is 0.469 e. The predicted octanol–water partition coefficient (Wildman–Crippen LogP) is 2.10. The zero-order valence-corrected chi connectivity index (χ0v) is 11.1. The van der Waals surface area contributed by atoms with Crippen molar-refractivity contribution in [2.45, 2.75) is 17.0 Å². The molecule has 0 bridgehead atoms. The molecule has 0 aliphatic heterocycles. The maximum absolute atomic E-state index is 11.2. The normalized spacial score (nSPS) is 12.2. The van der Waals surface area contributed by atoms with Gasteiger partial charge in [0.2, 0.25) is 0 Å². The third-order valence-electron chi connectivity index (χ3n) is 1.91. The van der Waals surface area contributed by atoms with Crippen molar-refractivity contribution in [2.75, 3.05) is 19.1 Å². The lowest BCUT2D eigenvalue weighted by Gasteiger charge is -2.07. The molecule has 1 heterocycles. The van der Waals surface area contributed by atoms with Gasteiger partial charge in [-0.2, -0.15) is 0 Å². The Morgan fingerprint density at radius 3 is 2.81 bits per heavy atom. The first kappa shape index (κ1) is 13.3. The molecular formula is C10H14N2O2S2. The smallest absolute Gasteiger partial charge is 0.309 e. The van der Waals surface area contributed by atoms with Gasteiger partial charge in [-0.05, 0) is 6.26 Å². The zero-order chi connectivity index (χ0) is 12.0. The van der Waals surface area contributed by atoms with Crippen LogP contribution in [0.4, 0.5) is 0 Å². The van der Waals surface area contributed by atoms with E-state index in [4.69, 9.17) is 0 Å². The Morgan fingerprint density at radius 1 is 1.50 bits per heavy atom. The van der Waals surface area contributed by atoms with Crippen LogP contribution >= 0.6 is 23.5 Å². The molecule has 0 N–H and O–H groups in total. The van der Waals surface area contributed by atoms with Crippen molar-refractivity contribution >= 4 is 29.5 Å². The van der Waals surface area contributed by atoms with Gasteiger partial charge in [0.05, 0.1) is 13.0 Å². The van der Waals surface area contributed by atoms with Crippen LogP contribution in [0.5, 0.6) is 0 Å². The van der Waals surface area contributed by atoms with Gasteiger partial charge in [-0.15, -0.1) is 23.5 Å². The van der Waals surface area contributed by atoms with Crippen LogP contribution in [0.3, 0.4) is 0 Å². The fourth-order valence-corrected chi connectivity index (χ4v) is 2.32. The first-order valence-electron chi connectivity index (χ1n) is 4.74. The molecule has 4 nitrogen and oxygen atoms in total. The van der Waals surface area contributed by atoms with Crippen LogP contribution in [0.25, 0.3) is 0 Å². The Morgan fingerprint density at radius 2 is 2.19 bits per heavy atom. The van der Waals surface area contributed by atoms with Crippen molar-refractivity contribution in [1.82, 2.24) is 9.97 Å². The van der Waals surface area contributed by atoms with E-state index in [1.165, 1.54) is 25.2 Å². The molecule has 0 amide bonds. The summed E-state index contributed by atoms with van der Waals surface area (Å²) in [7, 11) is 1.40. The lowest BCUT2D eigenvalue weighted by molar-refractivity contribution is -0.143. The molecule has 0 aromatic carbocycles. The van der Waals surface area contributed by atoms with Crippen LogP contribution in [0.2, 0.25) is 0 Å². The summed E-state index contributed by atoms with van der Waals surface area (Å²) in [5.41, 5.74) is 0. The third kappa shape index (κ3) is 4.02. The molecule has 0 radical (unpaired) electrons. The number of nitrogens with zero attached hydrogens (tertiary/aromatic N) is 2. The summed E-state index contributed by atoms with van der Waals surface area (Å²) < 4.78 is 4.66. The molecule has 6 heteroatoms. The summed E-state index contributed by atoms with van der Waals surface area (Å²) in [6.45, 7) is 1.84. The minimum absolute atomic E-state index is 0.123. The van der Waals surface area contributed by atoms with Crippen molar-refractivity contribution in [3.05, 3.63) is 12.4 Å². The Bertz CT molecular complexity index is 360. The zero-order valence-electron chi connectivity index (χ0n) is 9.47. The van der Waals surface area contributed by atoms with Gasteiger partial charge in [0, 0.05) is 11.8 Å². The fraction of sp³-hybridized carbons (Fsp3) is 0.500. The van der Waals surface area contributed by atoms with E-state index in [9.17, 15) is 4.79 Å². The number of aromatic nitrogens is 2. The Hall–Kier alpha value is -0.750. The third-order valence-corrected chi connectivity index (χ3v) is 3.74. The number of thioether (sulfide) groups is 2. The second-order valence-corrected chi connectivity index (χ2v) is 5.00. The molecular weight excluding hydrogens is 244 g/mol. The molecule has 1 unspecified atom stereocenters. The van der Waals surface area contributed by atoms with Crippen molar-refractivity contribution in [1.29, 1.82) is 0 Å². The maximum atomic E-state index is 11.2. The average Bonchev–Trinajstić information content (AvgIpc) is 2.35. The Kier molecular flexibility index (Phi) is 5.62. The monoisotopic (exact) mass is 258 g/mol. The number of esters is 1. The number of ether oxygens (including phenoxy) is 1. The van der Waals surface area contributed by atoms with Gasteiger partial charge < -0.3 is 4.74 Å². The Labute approximate surface area is 104 Å². The van der Waals surface area contributed by atoms with E-state index in [-0.39, 0.29) is 11.9 Å². The maximum Gasteiger partial charge on any atom is 0.309 e. The minimum Gasteiger partial charge on any atom is -0.469 e. The SMILES string of the molecule is COC(=O)C(C)CSc1cc(SC)ncn1. The molecule has 16 heavy (non-hydrogen) atoms. The highest BCUT2D eigenvalue weighted by atomic mass is 32.2. The summed E-state index contributed by atoms with van der Waals surface area (Å²) in [6.07, 6.45) is 3.50. The topological polar surface area (TPSA) is 52.1 Å². The second kappa shape index (κ2) is 6.75. The van der Waals surface area contributed by atoms with Gasteiger partial charge in [-0.25, -0.2) is 9.97 Å². The van der Waals surface area contributed by atoms with Crippen molar-refractivity contribution in [3.8, 4) is 0 Å². The fourth-order valence-electron chi connectivity index (χ4n) is 0.993. The van der Waals surface area contributed by atoms with Gasteiger partial charge in [0.1, 0.15) is 16.4 Å². The van der Waals surface area contributed by atoms with Crippen LogP contribution < -0.4 is 0 Å². The molecule has 0 saturated carbocycles. The highest BCUT2D eigenvalue weighted by Gasteiger charge is 2.13. The van der Waals surface area contributed by atoms with Crippen LogP contribution in [-0.2, 0) is 9.53 Å². The van der Waals surface area contributed by atoms with Gasteiger partial charge >= 0.3 is 5.97 Å². The molecule has 0 saturated heterocycles. The quantitative estimate of drug-likeness (QED) is 0.458. The molecule has 0 spiro atoms. The highest BCUT2D eigenvalue weighted by molar-refractivity contribution is 7.99. The molecule has 1 aromatic rings. The highest BCUT2D eigenvalue weighted by Crippen LogP contribution is 2.21. The van der Waals surface area contributed by atoms with Crippen LogP contribution in [0.1, 0.15) is 6.92 Å². The van der Waals surface area contributed by atoms with E-state index in [1.807, 2.05) is 19.2 Å². The first-order chi connectivity index (χ1) is 7.67. The van der Waals surface area contributed by atoms with Crippen LogP contribution in [0.15, 0.2) is 22.4 Å². The summed E-state index contributed by atoms with van der Waals surface area (Å²) in [6, 6.07) is 1.92. The van der Waals surface area contributed by atoms with E-state index in [0.29, 0.717) is 5.75 Å². The minimum atomic E-state index is -0.188. The number of carbonyl (C=O) groups is 1. The van der Waals surface area contributed by atoms with Gasteiger partial charge in [-0.3, -0.25) is 4.79 Å². The predicted molar refractivity (Wildman–Crippen MR) is 65.7 cm³/mol. The molecule has 1 rings (SSSR count). The summed E-state index contributed by atoms with van der Waals surface area (Å²) >= 11 is 3.11. The second-order valence-electron chi connectivity index (χ2n) is 3.13. The average molecular weight is 258 g/mol. The first-order valence-corrected chi connectivity index (χ1v) is 6.95. The molecule has 1 atom stereocenters. The number of methoxy groups -OCH3 is 1. The van der Waals surface area contributed by atoms with Crippen molar-refractivity contribution in [2.24, 2.45) is 5.92 Å². The summed E-state index contributed by atoms with van der Waals surface area (Å²) in [5.74, 6) is 0.353. The van der Waals surface area contributed by atoms with E-state index in [0.717, 1.165) is 10.1 Å². The summed E-state index contributed by atoms with van der Waals surface area (Å²) in [4.78, 5) is 19.4. The van der Waals surface area contributed by atoms with Gasteiger partial charge in [0.25, 0.3) is 0 Å².